The molecule has 0 aliphatic heterocycles. The molecule has 1 aromatic rings. The van der Waals surface area contributed by atoms with Crippen molar-refractivity contribution in [3.8, 4) is 0 Å². The van der Waals surface area contributed by atoms with E-state index in [2.05, 4.69) is 5.32 Å². The van der Waals surface area contributed by atoms with Crippen LogP contribution in [0.25, 0.3) is 0 Å². The highest BCUT2D eigenvalue weighted by atomic mass is 35.5. The molecule has 0 atom stereocenters. The molecule has 0 fully saturated rings. The Kier molecular flexibility index (Phi) is 4.59. The number of amides is 1. The first-order chi connectivity index (χ1) is 7.15. The van der Waals surface area contributed by atoms with Gasteiger partial charge in [-0.05, 0) is 18.6 Å². The minimum Gasteiger partial charge on any atom is -0.384 e. The first kappa shape index (κ1) is 12.0. The number of nitrogens with one attached hydrogen (secondary N) is 1. The minimum atomic E-state index is -0.0932. The van der Waals surface area contributed by atoms with Gasteiger partial charge in [-0.2, -0.15) is 0 Å². The minimum absolute atomic E-state index is 0.0932. The van der Waals surface area contributed by atoms with Crippen LogP contribution in [0.2, 0.25) is 5.02 Å². The molecule has 0 radical (unpaired) electrons. The van der Waals surface area contributed by atoms with Crippen LogP contribution in [0.3, 0.4) is 0 Å². The Morgan fingerprint density at radius 3 is 2.93 bits per heavy atom. The van der Waals surface area contributed by atoms with Crippen molar-refractivity contribution in [1.82, 2.24) is 0 Å². The van der Waals surface area contributed by atoms with Crippen LogP contribution in [-0.4, -0.2) is 19.6 Å². The number of carbonyl (C=O) groups excluding carboxylic acids is 1. The number of rotatable bonds is 4. The van der Waals surface area contributed by atoms with Crippen LogP contribution in [0.1, 0.15) is 12.0 Å². The van der Waals surface area contributed by atoms with Gasteiger partial charge in [0, 0.05) is 7.11 Å². The molecule has 4 heteroatoms. The summed E-state index contributed by atoms with van der Waals surface area (Å²) >= 11 is 6.03. The van der Waals surface area contributed by atoms with Crippen LogP contribution in [0.5, 0.6) is 0 Å². The Morgan fingerprint density at radius 2 is 2.27 bits per heavy atom. The van der Waals surface area contributed by atoms with Crippen molar-refractivity contribution < 1.29 is 9.53 Å². The average molecular weight is 228 g/mol. The molecule has 0 heterocycles. The van der Waals surface area contributed by atoms with Crippen molar-refractivity contribution in [2.45, 2.75) is 13.3 Å². The SMILES string of the molecule is COCCC(=O)Nc1cccc(C)c1Cl. The van der Waals surface area contributed by atoms with Gasteiger partial charge < -0.3 is 10.1 Å². The zero-order valence-corrected chi connectivity index (χ0v) is 9.60. The molecule has 0 saturated heterocycles. The fourth-order valence-electron chi connectivity index (χ4n) is 1.15. The number of methoxy groups -OCH3 is 1. The Labute approximate surface area is 94.4 Å². The predicted octanol–water partition coefficient (Wildman–Crippen LogP) is 2.62. The number of carbonyl (C=O) groups is 1. The van der Waals surface area contributed by atoms with E-state index < -0.39 is 0 Å². The number of ether oxygens (including phenoxy) is 1. The molecule has 0 bridgehead atoms. The van der Waals surface area contributed by atoms with Crippen molar-refractivity contribution in [1.29, 1.82) is 0 Å². The van der Waals surface area contributed by atoms with Crippen molar-refractivity contribution in [2.75, 3.05) is 19.0 Å². The van der Waals surface area contributed by atoms with Gasteiger partial charge in [0.1, 0.15) is 0 Å². The molecule has 82 valence electrons. The number of hydrogen-bond donors (Lipinski definition) is 1. The molecular formula is C11H14ClNO2. The maximum Gasteiger partial charge on any atom is 0.226 e. The number of hydrogen-bond acceptors (Lipinski definition) is 2. The van der Waals surface area contributed by atoms with E-state index in [0.29, 0.717) is 23.7 Å². The van der Waals surface area contributed by atoms with Gasteiger partial charge in [-0.1, -0.05) is 23.7 Å². The lowest BCUT2D eigenvalue weighted by atomic mass is 10.2. The predicted molar refractivity (Wildman–Crippen MR) is 61.3 cm³/mol. The second kappa shape index (κ2) is 5.73. The lowest BCUT2D eigenvalue weighted by Crippen LogP contribution is -2.13. The van der Waals surface area contributed by atoms with Gasteiger partial charge in [0.2, 0.25) is 5.91 Å². The summed E-state index contributed by atoms with van der Waals surface area (Å²) in [5.41, 5.74) is 1.60. The lowest BCUT2D eigenvalue weighted by Gasteiger charge is -2.08. The van der Waals surface area contributed by atoms with Gasteiger partial charge in [-0.3, -0.25) is 4.79 Å². The number of aryl methyl sites for hydroxylation is 1. The average Bonchev–Trinajstić information content (AvgIpc) is 2.22. The van der Waals surface area contributed by atoms with Gasteiger partial charge in [0.05, 0.1) is 23.7 Å². The molecule has 15 heavy (non-hydrogen) atoms. The molecule has 0 unspecified atom stereocenters. The van der Waals surface area contributed by atoms with Crippen LogP contribution in [0.15, 0.2) is 18.2 Å². The van der Waals surface area contributed by atoms with Crippen LogP contribution < -0.4 is 5.32 Å². The first-order valence-corrected chi connectivity index (χ1v) is 5.07. The normalized spacial score (nSPS) is 10.1. The van der Waals surface area contributed by atoms with E-state index in [-0.39, 0.29) is 5.91 Å². The molecule has 0 aromatic heterocycles. The summed E-state index contributed by atoms with van der Waals surface area (Å²) in [4.78, 5) is 11.4. The molecule has 1 N–H and O–H groups in total. The van der Waals surface area contributed by atoms with E-state index in [4.69, 9.17) is 16.3 Å². The highest BCUT2D eigenvalue weighted by Gasteiger charge is 2.06. The summed E-state index contributed by atoms with van der Waals surface area (Å²) in [7, 11) is 1.56. The largest absolute Gasteiger partial charge is 0.384 e. The first-order valence-electron chi connectivity index (χ1n) is 4.69. The van der Waals surface area contributed by atoms with E-state index in [1.807, 2.05) is 19.1 Å². The molecule has 1 rings (SSSR count). The molecule has 0 aliphatic rings. The molecule has 1 aromatic carbocycles. The summed E-state index contributed by atoms with van der Waals surface area (Å²) in [6, 6.07) is 5.53. The molecule has 0 saturated carbocycles. The quantitative estimate of drug-likeness (QED) is 0.859. The maximum atomic E-state index is 11.4. The molecule has 0 aliphatic carbocycles. The van der Waals surface area contributed by atoms with Crippen LogP contribution in [0, 0.1) is 6.92 Å². The number of benzene rings is 1. The van der Waals surface area contributed by atoms with Crippen LogP contribution in [-0.2, 0) is 9.53 Å². The van der Waals surface area contributed by atoms with Crippen molar-refractivity contribution in [3.63, 3.8) is 0 Å². The van der Waals surface area contributed by atoms with Crippen LogP contribution in [0.4, 0.5) is 5.69 Å². The third kappa shape index (κ3) is 3.53. The highest BCUT2D eigenvalue weighted by Crippen LogP contribution is 2.24. The van der Waals surface area contributed by atoms with Crippen LogP contribution >= 0.6 is 11.6 Å². The molecule has 3 nitrogen and oxygen atoms in total. The van der Waals surface area contributed by atoms with E-state index in [0.717, 1.165) is 5.56 Å². The summed E-state index contributed by atoms with van der Waals surface area (Å²) in [6.07, 6.45) is 0.334. The Balaban J connectivity index is 2.64. The van der Waals surface area contributed by atoms with Gasteiger partial charge in [0.15, 0.2) is 0 Å². The molecule has 0 spiro atoms. The Morgan fingerprint density at radius 1 is 1.53 bits per heavy atom. The second-order valence-corrected chi connectivity index (χ2v) is 3.61. The topological polar surface area (TPSA) is 38.3 Å². The smallest absolute Gasteiger partial charge is 0.226 e. The van der Waals surface area contributed by atoms with Gasteiger partial charge in [-0.15, -0.1) is 0 Å². The van der Waals surface area contributed by atoms with E-state index in [1.165, 1.54) is 0 Å². The van der Waals surface area contributed by atoms with Gasteiger partial charge in [-0.25, -0.2) is 0 Å². The maximum absolute atomic E-state index is 11.4. The monoisotopic (exact) mass is 227 g/mol. The second-order valence-electron chi connectivity index (χ2n) is 3.23. The van der Waals surface area contributed by atoms with Crippen molar-refractivity contribution in [3.05, 3.63) is 28.8 Å². The standard InChI is InChI=1S/C11H14ClNO2/c1-8-4-3-5-9(11(8)12)13-10(14)6-7-15-2/h3-5H,6-7H2,1-2H3,(H,13,14). The zero-order chi connectivity index (χ0) is 11.3. The van der Waals surface area contributed by atoms with Gasteiger partial charge in [0.25, 0.3) is 0 Å². The third-order valence-electron chi connectivity index (χ3n) is 2.00. The fourth-order valence-corrected chi connectivity index (χ4v) is 1.32. The molecular weight excluding hydrogens is 214 g/mol. The third-order valence-corrected chi connectivity index (χ3v) is 2.50. The Bertz CT molecular complexity index is 352. The lowest BCUT2D eigenvalue weighted by molar-refractivity contribution is -0.117. The van der Waals surface area contributed by atoms with Crippen molar-refractivity contribution in [2.24, 2.45) is 0 Å². The number of anilines is 1. The van der Waals surface area contributed by atoms with Gasteiger partial charge >= 0.3 is 0 Å². The van der Waals surface area contributed by atoms with E-state index >= 15 is 0 Å². The summed E-state index contributed by atoms with van der Waals surface area (Å²) in [5, 5.41) is 3.32. The fraction of sp³-hybridized carbons (Fsp3) is 0.364. The van der Waals surface area contributed by atoms with Crippen molar-refractivity contribution >= 4 is 23.2 Å². The molecule has 1 amide bonds. The van der Waals surface area contributed by atoms with E-state index in [1.54, 1.807) is 13.2 Å². The summed E-state index contributed by atoms with van der Waals surface area (Å²) < 4.78 is 4.81. The zero-order valence-electron chi connectivity index (χ0n) is 8.84. The Hall–Kier alpha value is -1.06. The highest BCUT2D eigenvalue weighted by molar-refractivity contribution is 6.34. The number of halogens is 1. The summed E-state index contributed by atoms with van der Waals surface area (Å²) in [6.45, 7) is 2.31. The van der Waals surface area contributed by atoms with E-state index in [9.17, 15) is 4.79 Å². The summed E-state index contributed by atoms with van der Waals surface area (Å²) in [5.74, 6) is -0.0932.